The van der Waals surface area contributed by atoms with E-state index in [4.69, 9.17) is 9.47 Å². The van der Waals surface area contributed by atoms with Crippen molar-refractivity contribution < 1.29 is 23.9 Å². The molecule has 0 bridgehead atoms. The number of carbonyl (C=O) groups is 3. The molecule has 0 fully saturated rings. The first kappa shape index (κ1) is 18.5. The zero-order valence-electron chi connectivity index (χ0n) is 13.5. The van der Waals surface area contributed by atoms with Gasteiger partial charge in [0.15, 0.2) is 13.2 Å². The van der Waals surface area contributed by atoms with Crippen LogP contribution in [-0.4, -0.2) is 43.6 Å². The highest BCUT2D eigenvalue weighted by atomic mass is 16.6. The van der Waals surface area contributed by atoms with Gasteiger partial charge in [-0.25, -0.2) is 4.79 Å². The summed E-state index contributed by atoms with van der Waals surface area (Å²) in [6.45, 7) is 4.64. The Morgan fingerprint density at radius 1 is 1.13 bits per heavy atom. The highest BCUT2D eigenvalue weighted by Crippen LogP contribution is 2.11. The molecular weight excluding hydrogens is 300 g/mol. The molecule has 0 heterocycles. The summed E-state index contributed by atoms with van der Waals surface area (Å²) in [6.07, 6.45) is 0. The molecule has 0 radical (unpaired) electrons. The minimum absolute atomic E-state index is 0.00370. The van der Waals surface area contributed by atoms with Gasteiger partial charge in [-0.15, -0.1) is 0 Å². The van der Waals surface area contributed by atoms with Gasteiger partial charge in [0.1, 0.15) is 5.75 Å². The quantitative estimate of drug-likeness (QED) is 0.682. The lowest BCUT2D eigenvalue weighted by Crippen LogP contribution is -2.41. The number of carbonyl (C=O) groups excluding carboxylic acids is 3. The molecule has 7 heteroatoms. The van der Waals surface area contributed by atoms with Crippen LogP contribution in [0.5, 0.6) is 5.75 Å². The van der Waals surface area contributed by atoms with E-state index in [9.17, 15) is 14.4 Å². The van der Waals surface area contributed by atoms with Crippen molar-refractivity contribution in [3.63, 3.8) is 0 Å². The van der Waals surface area contributed by atoms with Crippen molar-refractivity contribution in [2.75, 3.05) is 19.8 Å². The van der Waals surface area contributed by atoms with Crippen LogP contribution in [0.2, 0.25) is 0 Å². The van der Waals surface area contributed by atoms with Crippen molar-refractivity contribution in [1.29, 1.82) is 0 Å². The topological polar surface area (TPSA) is 93.7 Å². The molecule has 2 amide bonds. The second kappa shape index (κ2) is 9.45. The predicted octanol–water partition coefficient (Wildman–Crippen LogP) is 0.558. The van der Waals surface area contributed by atoms with E-state index in [2.05, 4.69) is 10.6 Å². The smallest absolute Gasteiger partial charge is 0.344 e. The largest absolute Gasteiger partial charge is 0.482 e. The monoisotopic (exact) mass is 322 g/mol. The van der Waals surface area contributed by atoms with E-state index in [0.29, 0.717) is 5.75 Å². The Labute approximate surface area is 135 Å². The summed E-state index contributed by atoms with van der Waals surface area (Å²) in [5, 5.41) is 4.98. The lowest BCUT2D eigenvalue weighted by molar-refractivity contribution is -0.150. The average molecular weight is 322 g/mol. The number of ether oxygens (including phenoxy) is 2. The Hall–Kier alpha value is -2.57. The molecule has 0 aromatic heterocycles. The molecule has 126 valence electrons. The maximum absolute atomic E-state index is 11.5. The number of nitrogens with one attached hydrogen (secondary N) is 2. The fraction of sp³-hybridized carbons (Fsp3) is 0.438. The van der Waals surface area contributed by atoms with Crippen LogP contribution >= 0.6 is 0 Å². The molecule has 1 aromatic carbocycles. The SMILES string of the molecule is Cc1cccc(OCC(=O)OCC(=O)NCC(=O)NC(C)C)c1. The van der Waals surface area contributed by atoms with Crippen LogP contribution in [0, 0.1) is 6.92 Å². The van der Waals surface area contributed by atoms with Crippen LogP contribution < -0.4 is 15.4 Å². The van der Waals surface area contributed by atoms with E-state index in [0.717, 1.165) is 5.56 Å². The summed E-state index contributed by atoms with van der Waals surface area (Å²) in [5.41, 5.74) is 1.01. The first-order valence-corrected chi connectivity index (χ1v) is 7.28. The van der Waals surface area contributed by atoms with Crippen LogP contribution in [0.15, 0.2) is 24.3 Å². The molecule has 0 saturated heterocycles. The Balaban J connectivity index is 2.20. The molecule has 2 N–H and O–H groups in total. The van der Waals surface area contributed by atoms with Crippen molar-refractivity contribution >= 4 is 17.8 Å². The van der Waals surface area contributed by atoms with E-state index >= 15 is 0 Å². The van der Waals surface area contributed by atoms with Crippen molar-refractivity contribution in [2.24, 2.45) is 0 Å². The standard InChI is InChI=1S/C16H22N2O5/c1-11(2)18-14(19)8-17-15(20)9-23-16(21)10-22-13-6-4-5-12(3)7-13/h4-7,11H,8-10H2,1-3H3,(H,17,20)(H,18,19). The highest BCUT2D eigenvalue weighted by Gasteiger charge is 2.10. The molecule has 0 unspecified atom stereocenters. The highest BCUT2D eigenvalue weighted by molar-refractivity contribution is 5.86. The molecule has 0 atom stereocenters. The second-order valence-electron chi connectivity index (χ2n) is 5.26. The third-order valence-corrected chi connectivity index (χ3v) is 2.61. The number of rotatable bonds is 8. The molecule has 0 spiro atoms. The number of aryl methyl sites for hydroxylation is 1. The lowest BCUT2D eigenvalue weighted by Gasteiger charge is -2.10. The van der Waals surface area contributed by atoms with Crippen LogP contribution in [0.4, 0.5) is 0 Å². The lowest BCUT2D eigenvalue weighted by atomic mass is 10.2. The molecule has 0 saturated carbocycles. The summed E-state index contributed by atoms with van der Waals surface area (Å²) in [4.78, 5) is 34.3. The molecular formula is C16H22N2O5. The minimum atomic E-state index is -0.659. The number of hydrogen-bond acceptors (Lipinski definition) is 5. The van der Waals surface area contributed by atoms with Gasteiger partial charge in [-0.2, -0.15) is 0 Å². The van der Waals surface area contributed by atoms with Gasteiger partial charge in [0.2, 0.25) is 5.91 Å². The Morgan fingerprint density at radius 2 is 1.87 bits per heavy atom. The molecule has 7 nitrogen and oxygen atoms in total. The molecule has 0 aliphatic carbocycles. The van der Waals surface area contributed by atoms with Gasteiger partial charge in [-0.1, -0.05) is 12.1 Å². The second-order valence-corrected chi connectivity index (χ2v) is 5.26. The number of amides is 2. The summed E-state index contributed by atoms with van der Waals surface area (Å²) < 4.78 is 10.0. The fourth-order valence-corrected chi connectivity index (χ4v) is 1.64. The van der Waals surface area contributed by atoms with E-state index < -0.39 is 18.5 Å². The van der Waals surface area contributed by atoms with Gasteiger partial charge < -0.3 is 20.1 Å². The zero-order chi connectivity index (χ0) is 17.2. The van der Waals surface area contributed by atoms with E-state index in [1.165, 1.54) is 0 Å². The summed E-state index contributed by atoms with van der Waals surface area (Å²) in [6, 6.07) is 7.22. The first-order valence-electron chi connectivity index (χ1n) is 7.28. The molecule has 0 aliphatic rings. The van der Waals surface area contributed by atoms with Gasteiger partial charge in [-0.05, 0) is 38.5 Å². The van der Waals surface area contributed by atoms with Gasteiger partial charge in [0.05, 0.1) is 6.54 Å². The van der Waals surface area contributed by atoms with E-state index in [-0.39, 0.29) is 25.1 Å². The maximum Gasteiger partial charge on any atom is 0.344 e. The summed E-state index contributed by atoms with van der Waals surface area (Å²) in [5.74, 6) is -0.958. The van der Waals surface area contributed by atoms with Crippen molar-refractivity contribution in [2.45, 2.75) is 26.8 Å². The van der Waals surface area contributed by atoms with E-state index in [1.54, 1.807) is 12.1 Å². The first-order chi connectivity index (χ1) is 10.9. The van der Waals surface area contributed by atoms with Crippen LogP contribution in [0.25, 0.3) is 0 Å². The number of esters is 1. The maximum atomic E-state index is 11.5. The average Bonchev–Trinajstić information content (AvgIpc) is 2.48. The van der Waals surface area contributed by atoms with Crippen LogP contribution in [0.1, 0.15) is 19.4 Å². The van der Waals surface area contributed by atoms with Gasteiger partial charge in [-0.3, -0.25) is 9.59 Å². The fourth-order valence-electron chi connectivity index (χ4n) is 1.64. The Kier molecular flexibility index (Phi) is 7.59. The van der Waals surface area contributed by atoms with Crippen molar-refractivity contribution in [1.82, 2.24) is 10.6 Å². The molecule has 0 aliphatic heterocycles. The number of benzene rings is 1. The number of hydrogen-bond donors (Lipinski definition) is 2. The van der Waals surface area contributed by atoms with Gasteiger partial charge in [0.25, 0.3) is 5.91 Å². The summed E-state index contributed by atoms with van der Waals surface area (Å²) in [7, 11) is 0. The van der Waals surface area contributed by atoms with Crippen molar-refractivity contribution in [3.8, 4) is 5.75 Å². The zero-order valence-corrected chi connectivity index (χ0v) is 13.5. The third kappa shape index (κ3) is 8.45. The van der Waals surface area contributed by atoms with Crippen molar-refractivity contribution in [3.05, 3.63) is 29.8 Å². The Morgan fingerprint density at radius 3 is 2.52 bits per heavy atom. The Bertz CT molecular complexity index is 557. The third-order valence-electron chi connectivity index (χ3n) is 2.61. The molecule has 23 heavy (non-hydrogen) atoms. The predicted molar refractivity (Wildman–Crippen MR) is 83.9 cm³/mol. The minimum Gasteiger partial charge on any atom is -0.482 e. The van der Waals surface area contributed by atoms with Gasteiger partial charge in [0, 0.05) is 6.04 Å². The molecule has 1 aromatic rings. The van der Waals surface area contributed by atoms with Gasteiger partial charge >= 0.3 is 5.97 Å². The van der Waals surface area contributed by atoms with E-state index in [1.807, 2.05) is 32.9 Å². The summed E-state index contributed by atoms with van der Waals surface area (Å²) >= 11 is 0. The molecule has 1 rings (SSSR count). The van der Waals surface area contributed by atoms with Crippen LogP contribution in [0.3, 0.4) is 0 Å². The normalized spacial score (nSPS) is 10.1. The van der Waals surface area contributed by atoms with Crippen LogP contribution in [-0.2, 0) is 19.1 Å².